The maximum Gasteiger partial charge on any atom is 0.271 e. The average molecular weight is 383 g/mol. The highest BCUT2D eigenvalue weighted by Crippen LogP contribution is 2.41. The molecule has 0 aromatic heterocycles. The summed E-state index contributed by atoms with van der Waals surface area (Å²) < 4.78 is 0. The fourth-order valence-electron chi connectivity index (χ4n) is 5.38. The van der Waals surface area contributed by atoms with Crippen molar-refractivity contribution in [3.8, 4) is 0 Å². The van der Waals surface area contributed by atoms with Gasteiger partial charge in [-0.25, -0.2) is 5.43 Å². The van der Waals surface area contributed by atoms with E-state index in [1.807, 2.05) is 24.3 Å². The minimum Gasteiger partial charge on any atom is -0.300 e. The highest BCUT2D eigenvalue weighted by Gasteiger charge is 2.51. The molecule has 1 amide bonds. The fourth-order valence-corrected chi connectivity index (χ4v) is 5.38. The van der Waals surface area contributed by atoms with Gasteiger partial charge in [0.1, 0.15) is 0 Å². The van der Waals surface area contributed by atoms with Gasteiger partial charge in [-0.1, -0.05) is 46.2 Å². The van der Waals surface area contributed by atoms with Crippen LogP contribution in [0.1, 0.15) is 56.5 Å². The van der Waals surface area contributed by atoms with Gasteiger partial charge in [-0.3, -0.25) is 4.79 Å². The Morgan fingerprint density at radius 1 is 1.14 bits per heavy atom. The molecule has 5 nitrogen and oxygen atoms in total. The van der Waals surface area contributed by atoms with E-state index in [2.05, 4.69) is 42.9 Å². The van der Waals surface area contributed by atoms with Crippen LogP contribution >= 0.6 is 0 Å². The molecule has 0 aliphatic carbocycles. The molecule has 4 bridgehead atoms. The lowest BCUT2D eigenvalue weighted by Crippen LogP contribution is -2.61. The van der Waals surface area contributed by atoms with Crippen LogP contribution in [0.2, 0.25) is 0 Å². The molecule has 4 heterocycles. The monoisotopic (exact) mass is 382 g/mol. The molecular formula is C23H34N4O. The first-order valence-electron chi connectivity index (χ1n) is 10.7. The summed E-state index contributed by atoms with van der Waals surface area (Å²) in [6.45, 7) is 15.5. The summed E-state index contributed by atoms with van der Waals surface area (Å²) in [5.41, 5.74) is 6.25. The molecule has 0 saturated carbocycles. The number of carbonyl (C=O) groups is 1. The van der Waals surface area contributed by atoms with Crippen molar-refractivity contribution in [1.29, 1.82) is 0 Å². The van der Waals surface area contributed by atoms with Gasteiger partial charge in [-0.15, -0.1) is 0 Å². The predicted octanol–water partition coefficient (Wildman–Crippen LogP) is 3.12. The predicted molar refractivity (Wildman–Crippen MR) is 114 cm³/mol. The van der Waals surface area contributed by atoms with Crippen LogP contribution in [-0.2, 0) is 5.41 Å². The van der Waals surface area contributed by atoms with E-state index in [0.29, 0.717) is 11.5 Å². The zero-order valence-electron chi connectivity index (χ0n) is 17.8. The van der Waals surface area contributed by atoms with Gasteiger partial charge in [0.2, 0.25) is 0 Å². The molecule has 2 atom stereocenters. The van der Waals surface area contributed by atoms with Gasteiger partial charge in [0, 0.05) is 56.2 Å². The van der Waals surface area contributed by atoms with Crippen molar-refractivity contribution in [2.24, 2.45) is 16.4 Å². The largest absolute Gasteiger partial charge is 0.300 e. The van der Waals surface area contributed by atoms with Crippen LogP contribution < -0.4 is 5.43 Å². The molecule has 4 fully saturated rings. The van der Waals surface area contributed by atoms with Gasteiger partial charge in [0.15, 0.2) is 0 Å². The third-order valence-corrected chi connectivity index (χ3v) is 6.69. The Balaban J connectivity index is 1.54. The van der Waals surface area contributed by atoms with E-state index >= 15 is 0 Å². The molecule has 4 aliphatic heterocycles. The van der Waals surface area contributed by atoms with Crippen LogP contribution in [0.15, 0.2) is 29.4 Å². The Kier molecular flexibility index (Phi) is 5.09. The average Bonchev–Trinajstić information content (AvgIpc) is 2.88. The molecule has 1 aromatic carbocycles. The van der Waals surface area contributed by atoms with E-state index < -0.39 is 0 Å². The number of rotatable bonds is 4. The highest BCUT2D eigenvalue weighted by atomic mass is 16.2. The third kappa shape index (κ3) is 3.62. The zero-order valence-corrected chi connectivity index (χ0v) is 17.8. The highest BCUT2D eigenvalue weighted by molar-refractivity contribution is 5.98. The van der Waals surface area contributed by atoms with Crippen LogP contribution in [-0.4, -0.2) is 60.7 Å². The van der Waals surface area contributed by atoms with E-state index in [-0.39, 0.29) is 16.7 Å². The van der Waals surface area contributed by atoms with Crippen LogP contribution in [0.5, 0.6) is 0 Å². The summed E-state index contributed by atoms with van der Waals surface area (Å²) in [4.78, 5) is 18.0. The van der Waals surface area contributed by atoms with E-state index in [1.54, 1.807) is 0 Å². The molecule has 1 aromatic rings. The fraction of sp³-hybridized carbons (Fsp3) is 0.652. The van der Waals surface area contributed by atoms with Crippen molar-refractivity contribution in [2.75, 3.05) is 39.3 Å². The minimum atomic E-state index is -0.105. The molecule has 2 unspecified atom stereocenters. The first-order valence-corrected chi connectivity index (χ1v) is 10.7. The Hall–Kier alpha value is -1.72. The van der Waals surface area contributed by atoms with Crippen molar-refractivity contribution in [3.63, 3.8) is 0 Å². The van der Waals surface area contributed by atoms with Gasteiger partial charge in [-0.2, -0.15) is 5.10 Å². The van der Waals surface area contributed by atoms with Crippen LogP contribution in [0.3, 0.4) is 0 Å². The van der Waals surface area contributed by atoms with Gasteiger partial charge >= 0.3 is 0 Å². The Morgan fingerprint density at radius 2 is 1.75 bits per heavy atom. The molecule has 4 saturated heterocycles. The summed E-state index contributed by atoms with van der Waals surface area (Å²) in [6.07, 6.45) is 2.29. The minimum absolute atomic E-state index is 0.0886. The van der Waals surface area contributed by atoms with Crippen molar-refractivity contribution in [1.82, 2.24) is 15.2 Å². The molecule has 5 rings (SSSR count). The summed E-state index contributed by atoms with van der Waals surface area (Å²) >= 11 is 0. The summed E-state index contributed by atoms with van der Waals surface area (Å²) in [6, 6.07) is 7.93. The number of nitrogens with zero attached hydrogens (tertiary/aromatic N) is 3. The number of fused-ring (bicyclic) bond motifs is 1. The lowest BCUT2D eigenvalue weighted by molar-refractivity contribution is 0.0940. The number of amides is 1. The second kappa shape index (κ2) is 7.27. The summed E-state index contributed by atoms with van der Waals surface area (Å²) in [5.74, 6) is 0.340. The maximum atomic E-state index is 12.7. The van der Waals surface area contributed by atoms with E-state index in [1.165, 1.54) is 24.4 Å². The number of nitrogens with one attached hydrogen (secondary N) is 1. The Labute approximate surface area is 169 Å². The second-order valence-corrected chi connectivity index (χ2v) is 9.96. The van der Waals surface area contributed by atoms with Crippen LogP contribution in [0.4, 0.5) is 0 Å². The molecule has 28 heavy (non-hydrogen) atoms. The van der Waals surface area contributed by atoms with Crippen molar-refractivity contribution < 1.29 is 4.79 Å². The molecule has 4 aliphatic rings. The van der Waals surface area contributed by atoms with Gasteiger partial charge in [-0.05, 0) is 29.5 Å². The SMILES string of the molecule is CCCC12CN3CCN(CC(C3)/C1=N/NC(=O)c1ccc(C(C)(C)C)cc1)C2. The first-order chi connectivity index (χ1) is 13.3. The van der Waals surface area contributed by atoms with Crippen LogP contribution in [0.25, 0.3) is 0 Å². The topological polar surface area (TPSA) is 47.9 Å². The van der Waals surface area contributed by atoms with Crippen LogP contribution in [0, 0.1) is 11.3 Å². The van der Waals surface area contributed by atoms with Crippen molar-refractivity contribution in [3.05, 3.63) is 35.4 Å². The third-order valence-electron chi connectivity index (χ3n) is 6.69. The zero-order chi connectivity index (χ0) is 19.9. The number of carbonyl (C=O) groups excluding carboxylic acids is 1. The number of hydrazone groups is 1. The Bertz CT molecular complexity index is 746. The molecular weight excluding hydrogens is 348 g/mol. The first kappa shape index (κ1) is 19.6. The molecule has 5 heteroatoms. The Morgan fingerprint density at radius 3 is 2.29 bits per heavy atom. The lowest BCUT2D eigenvalue weighted by atomic mass is 9.68. The maximum absolute atomic E-state index is 12.7. The van der Waals surface area contributed by atoms with Gasteiger partial charge < -0.3 is 9.80 Å². The number of benzene rings is 1. The number of hydrogen-bond donors (Lipinski definition) is 1. The molecule has 1 N–H and O–H groups in total. The van der Waals surface area contributed by atoms with Gasteiger partial charge in [0.05, 0.1) is 5.71 Å². The lowest BCUT2D eigenvalue weighted by Gasteiger charge is -2.50. The summed E-state index contributed by atoms with van der Waals surface area (Å²) in [7, 11) is 0. The number of piperidine rings is 2. The van der Waals surface area contributed by atoms with Crippen molar-refractivity contribution >= 4 is 11.6 Å². The normalized spacial score (nSPS) is 33.1. The standard InChI is InChI=1S/C23H34N4O/c1-5-10-23-15-26-11-12-27(16-23)14-18(13-26)20(23)24-25-21(28)17-6-8-19(9-7-17)22(2,3)4/h6-9,18H,5,10-16H2,1-4H3,(H,25,28)/b24-20-. The van der Waals surface area contributed by atoms with E-state index in [4.69, 9.17) is 5.10 Å². The van der Waals surface area contributed by atoms with Gasteiger partial charge in [0.25, 0.3) is 5.91 Å². The van der Waals surface area contributed by atoms with E-state index in [9.17, 15) is 4.79 Å². The number of hydrogen-bond acceptors (Lipinski definition) is 4. The molecule has 152 valence electrons. The van der Waals surface area contributed by atoms with E-state index in [0.717, 1.165) is 39.0 Å². The second-order valence-electron chi connectivity index (χ2n) is 9.96. The molecule has 0 radical (unpaired) electrons. The quantitative estimate of drug-likeness (QED) is 0.814. The molecule has 0 spiro atoms. The summed E-state index contributed by atoms with van der Waals surface area (Å²) in [5, 5.41) is 4.77. The van der Waals surface area contributed by atoms with Crippen molar-refractivity contribution in [2.45, 2.75) is 46.0 Å². The smallest absolute Gasteiger partial charge is 0.271 e.